The van der Waals surface area contributed by atoms with E-state index >= 15 is 0 Å². The first kappa shape index (κ1) is 16.5. The fourth-order valence-electron chi connectivity index (χ4n) is 2.13. The molecule has 0 aromatic heterocycles. The fraction of sp³-hybridized carbons (Fsp3) is 0.235. The van der Waals surface area contributed by atoms with Crippen LogP contribution in [0, 0.1) is 0 Å². The summed E-state index contributed by atoms with van der Waals surface area (Å²) in [4.78, 5) is 12.0. The van der Waals surface area contributed by atoms with Crippen molar-refractivity contribution in [2.45, 2.75) is 6.42 Å². The molecule has 0 radical (unpaired) electrons. The Bertz CT molecular complexity index is 657. The number of aromatic hydroxyl groups is 2. The second kappa shape index (κ2) is 7.40. The van der Waals surface area contributed by atoms with Crippen molar-refractivity contribution in [3.05, 3.63) is 47.5 Å². The number of phenols is 2. The standard InChI is InChI=1S/C17H19NO5/c1-22-14-9-11(10-15(23-2)16(14)20)7-8-18-17(21)12-3-5-13(19)6-4-12/h3-6,9-10,19-20H,7-8H2,1-2H3,(H,18,21). The van der Waals surface area contributed by atoms with Crippen LogP contribution >= 0.6 is 0 Å². The van der Waals surface area contributed by atoms with E-state index in [1.807, 2.05) is 0 Å². The van der Waals surface area contributed by atoms with Crippen molar-refractivity contribution in [1.29, 1.82) is 0 Å². The summed E-state index contributed by atoms with van der Waals surface area (Å²) in [7, 11) is 2.93. The fourth-order valence-corrected chi connectivity index (χ4v) is 2.13. The van der Waals surface area contributed by atoms with Gasteiger partial charge in [0.15, 0.2) is 11.5 Å². The Morgan fingerprint density at radius 3 is 2.13 bits per heavy atom. The van der Waals surface area contributed by atoms with E-state index in [0.29, 0.717) is 30.0 Å². The third-order valence-electron chi connectivity index (χ3n) is 3.37. The Balaban J connectivity index is 1.98. The number of benzene rings is 2. The second-order valence-electron chi connectivity index (χ2n) is 4.90. The molecule has 0 atom stereocenters. The zero-order chi connectivity index (χ0) is 16.8. The Morgan fingerprint density at radius 1 is 1.04 bits per heavy atom. The van der Waals surface area contributed by atoms with Crippen LogP contribution in [0.5, 0.6) is 23.0 Å². The summed E-state index contributed by atoms with van der Waals surface area (Å²) in [5, 5.41) is 21.9. The maximum atomic E-state index is 12.0. The predicted octanol–water partition coefficient (Wildman–Crippen LogP) is 2.09. The van der Waals surface area contributed by atoms with Crippen LogP contribution in [0.25, 0.3) is 0 Å². The van der Waals surface area contributed by atoms with Crippen LogP contribution in [-0.2, 0) is 6.42 Å². The molecule has 0 heterocycles. The lowest BCUT2D eigenvalue weighted by molar-refractivity contribution is 0.0954. The van der Waals surface area contributed by atoms with E-state index < -0.39 is 0 Å². The third-order valence-corrected chi connectivity index (χ3v) is 3.37. The van der Waals surface area contributed by atoms with E-state index in [-0.39, 0.29) is 17.4 Å². The van der Waals surface area contributed by atoms with Crippen molar-refractivity contribution in [3.63, 3.8) is 0 Å². The average molecular weight is 317 g/mol. The molecule has 0 saturated carbocycles. The second-order valence-corrected chi connectivity index (χ2v) is 4.90. The van der Waals surface area contributed by atoms with Crippen LogP contribution in [0.2, 0.25) is 0 Å². The zero-order valence-electron chi connectivity index (χ0n) is 13.0. The van der Waals surface area contributed by atoms with Gasteiger partial charge in [-0.2, -0.15) is 0 Å². The lowest BCUT2D eigenvalue weighted by Gasteiger charge is -2.11. The van der Waals surface area contributed by atoms with Crippen molar-refractivity contribution >= 4 is 5.91 Å². The summed E-state index contributed by atoms with van der Waals surface area (Å²) in [6, 6.07) is 9.43. The van der Waals surface area contributed by atoms with E-state index in [1.165, 1.54) is 26.4 Å². The minimum Gasteiger partial charge on any atom is -0.508 e. The van der Waals surface area contributed by atoms with Crippen LogP contribution < -0.4 is 14.8 Å². The average Bonchev–Trinajstić information content (AvgIpc) is 2.56. The summed E-state index contributed by atoms with van der Waals surface area (Å²) < 4.78 is 10.2. The highest BCUT2D eigenvalue weighted by atomic mass is 16.5. The van der Waals surface area contributed by atoms with Crippen LogP contribution in [-0.4, -0.2) is 36.9 Å². The molecular formula is C17H19NO5. The molecule has 0 saturated heterocycles. The lowest BCUT2D eigenvalue weighted by Crippen LogP contribution is -2.25. The summed E-state index contributed by atoms with van der Waals surface area (Å²) in [6.45, 7) is 0.413. The molecule has 1 amide bonds. The number of amides is 1. The first-order valence-corrected chi connectivity index (χ1v) is 7.06. The van der Waals surface area contributed by atoms with Gasteiger partial charge in [0.2, 0.25) is 5.75 Å². The normalized spacial score (nSPS) is 10.2. The molecule has 0 unspecified atom stereocenters. The van der Waals surface area contributed by atoms with E-state index in [1.54, 1.807) is 24.3 Å². The number of hydrogen-bond acceptors (Lipinski definition) is 5. The Kier molecular flexibility index (Phi) is 5.30. The number of methoxy groups -OCH3 is 2. The molecule has 0 bridgehead atoms. The maximum Gasteiger partial charge on any atom is 0.251 e. The molecule has 6 nitrogen and oxygen atoms in total. The van der Waals surface area contributed by atoms with Gasteiger partial charge in [-0.25, -0.2) is 0 Å². The lowest BCUT2D eigenvalue weighted by atomic mass is 10.1. The topological polar surface area (TPSA) is 88.0 Å². The molecule has 23 heavy (non-hydrogen) atoms. The minimum absolute atomic E-state index is 0.0492. The molecule has 6 heteroatoms. The Morgan fingerprint density at radius 2 is 1.61 bits per heavy atom. The number of rotatable bonds is 6. The smallest absolute Gasteiger partial charge is 0.251 e. The number of nitrogens with one attached hydrogen (secondary N) is 1. The van der Waals surface area contributed by atoms with Gasteiger partial charge in [0.25, 0.3) is 5.91 Å². The monoisotopic (exact) mass is 317 g/mol. The van der Waals surface area contributed by atoms with Gasteiger partial charge in [-0.1, -0.05) is 0 Å². The molecule has 2 aromatic carbocycles. The van der Waals surface area contributed by atoms with Gasteiger partial charge in [0, 0.05) is 12.1 Å². The molecule has 3 N–H and O–H groups in total. The van der Waals surface area contributed by atoms with Crippen molar-refractivity contribution in [2.75, 3.05) is 20.8 Å². The SMILES string of the molecule is COc1cc(CCNC(=O)c2ccc(O)cc2)cc(OC)c1O. The van der Waals surface area contributed by atoms with Gasteiger partial charge >= 0.3 is 0 Å². The highest BCUT2D eigenvalue weighted by Gasteiger charge is 2.11. The Hall–Kier alpha value is -2.89. The Labute approximate surface area is 134 Å². The number of ether oxygens (including phenoxy) is 2. The summed E-state index contributed by atoms with van der Waals surface area (Å²) in [5.74, 6) is 0.493. The van der Waals surface area contributed by atoms with E-state index in [4.69, 9.17) is 9.47 Å². The number of carbonyl (C=O) groups excluding carboxylic acids is 1. The van der Waals surface area contributed by atoms with Gasteiger partial charge in [0.1, 0.15) is 5.75 Å². The van der Waals surface area contributed by atoms with Crippen molar-refractivity contribution in [2.24, 2.45) is 0 Å². The summed E-state index contributed by atoms with van der Waals surface area (Å²) in [5.41, 5.74) is 1.34. The van der Waals surface area contributed by atoms with Crippen LogP contribution in [0.4, 0.5) is 0 Å². The molecule has 122 valence electrons. The van der Waals surface area contributed by atoms with Gasteiger partial charge in [-0.05, 0) is 48.4 Å². The number of carbonyl (C=O) groups is 1. The van der Waals surface area contributed by atoms with Crippen molar-refractivity contribution in [1.82, 2.24) is 5.32 Å². The van der Waals surface area contributed by atoms with E-state index in [0.717, 1.165) is 5.56 Å². The van der Waals surface area contributed by atoms with Crippen molar-refractivity contribution in [3.8, 4) is 23.0 Å². The zero-order valence-corrected chi connectivity index (χ0v) is 13.0. The van der Waals surface area contributed by atoms with Crippen LogP contribution in [0.15, 0.2) is 36.4 Å². The third kappa shape index (κ3) is 4.06. The minimum atomic E-state index is -0.220. The van der Waals surface area contributed by atoms with Gasteiger partial charge in [-0.15, -0.1) is 0 Å². The molecule has 2 aromatic rings. The molecule has 0 spiro atoms. The molecule has 0 aliphatic rings. The van der Waals surface area contributed by atoms with Crippen LogP contribution in [0.3, 0.4) is 0 Å². The van der Waals surface area contributed by atoms with Gasteiger partial charge < -0.3 is 25.0 Å². The first-order valence-electron chi connectivity index (χ1n) is 7.06. The van der Waals surface area contributed by atoms with E-state index in [9.17, 15) is 15.0 Å². The highest BCUT2D eigenvalue weighted by molar-refractivity contribution is 5.94. The molecule has 0 aliphatic heterocycles. The van der Waals surface area contributed by atoms with Gasteiger partial charge in [-0.3, -0.25) is 4.79 Å². The van der Waals surface area contributed by atoms with E-state index in [2.05, 4.69) is 5.32 Å². The molecule has 2 rings (SSSR count). The molecular weight excluding hydrogens is 298 g/mol. The largest absolute Gasteiger partial charge is 0.508 e. The van der Waals surface area contributed by atoms with Crippen molar-refractivity contribution < 1.29 is 24.5 Å². The summed E-state index contributed by atoms with van der Waals surface area (Å²) >= 11 is 0. The van der Waals surface area contributed by atoms with Crippen LogP contribution in [0.1, 0.15) is 15.9 Å². The van der Waals surface area contributed by atoms with Gasteiger partial charge in [0.05, 0.1) is 14.2 Å². The predicted molar refractivity (Wildman–Crippen MR) is 85.4 cm³/mol. The summed E-state index contributed by atoms with van der Waals surface area (Å²) in [6.07, 6.45) is 0.552. The quantitative estimate of drug-likeness (QED) is 0.759. The molecule has 0 fully saturated rings. The maximum absolute atomic E-state index is 12.0. The molecule has 0 aliphatic carbocycles. The first-order chi connectivity index (χ1) is 11.0. The number of phenolic OH excluding ortho intramolecular Hbond substituents is 2. The highest BCUT2D eigenvalue weighted by Crippen LogP contribution is 2.37. The number of hydrogen-bond donors (Lipinski definition) is 3.